The summed E-state index contributed by atoms with van der Waals surface area (Å²) < 4.78 is 5.41. The first-order valence-corrected chi connectivity index (χ1v) is 8.19. The molecule has 1 saturated carbocycles. The maximum absolute atomic E-state index is 12.0. The normalized spacial score (nSPS) is 18.9. The van der Waals surface area contributed by atoms with Crippen LogP contribution in [0.5, 0.6) is 0 Å². The van der Waals surface area contributed by atoms with E-state index in [1.807, 2.05) is 6.07 Å². The number of nitrogens with one attached hydrogen (secondary N) is 1. The first-order valence-electron chi connectivity index (χ1n) is 7.38. The van der Waals surface area contributed by atoms with E-state index in [9.17, 15) is 9.90 Å². The second-order valence-electron chi connectivity index (χ2n) is 5.76. The zero-order valence-corrected chi connectivity index (χ0v) is 12.4. The van der Waals surface area contributed by atoms with Crippen LogP contribution in [0.3, 0.4) is 0 Å². The van der Waals surface area contributed by atoms with E-state index < -0.39 is 6.10 Å². The van der Waals surface area contributed by atoms with Crippen molar-refractivity contribution >= 4 is 17.2 Å². The lowest BCUT2D eigenvalue weighted by Gasteiger charge is -2.11. The van der Waals surface area contributed by atoms with Crippen LogP contribution in [0.4, 0.5) is 0 Å². The van der Waals surface area contributed by atoms with E-state index in [4.69, 9.17) is 4.74 Å². The standard InChI is InChI=1S/C15H21NO3S/c17-12(9-19-8-10-4-5-10)7-16-15(18)14-6-11-2-1-3-13(11)20-14/h6,10,12,17H,1-5,7-9H2,(H,16,18). The third-order valence-electron chi connectivity index (χ3n) is 3.83. The van der Waals surface area contributed by atoms with Crippen LogP contribution in [0.25, 0.3) is 0 Å². The molecule has 1 heterocycles. The molecule has 2 N–H and O–H groups in total. The summed E-state index contributed by atoms with van der Waals surface area (Å²) in [6.45, 7) is 1.30. The first-order chi connectivity index (χ1) is 9.72. The highest BCUT2D eigenvalue weighted by Gasteiger charge is 2.22. The second-order valence-corrected chi connectivity index (χ2v) is 6.89. The molecule has 4 nitrogen and oxygen atoms in total. The summed E-state index contributed by atoms with van der Waals surface area (Å²) >= 11 is 1.59. The molecule has 5 heteroatoms. The fourth-order valence-corrected chi connectivity index (χ4v) is 3.62. The highest BCUT2D eigenvalue weighted by Crippen LogP contribution is 2.30. The summed E-state index contributed by atoms with van der Waals surface area (Å²) in [6.07, 6.45) is 5.28. The second kappa shape index (κ2) is 6.24. The summed E-state index contributed by atoms with van der Waals surface area (Å²) in [7, 11) is 0. The highest BCUT2D eigenvalue weighted by atomic mass is 32.1. The smallest absolute Gasteiger partial charge is 0.261 e. The average molecular weight is 295 g/mol. The van der Waals surface area contributed by atoms with Gasteiger partial charge < -0.3 is 15.2 Å². The molecule has 20 heavy (non-hydrogen) atoms. The van der Waals surface area contributed by atoms with Gasteiger partial charge in [-0.25, -0.2) is 0 Å². The van der Waals surface area contributed by atoms with E-state index in [1.54, 1.807) is 11.3 Å². The van der Waals surface area contributed by atoms with Gasteiger partial charge in [0.25, 0.3) is 5.91 Å². The molecule has 0 bridgehead atoms. The third-order valence-corrected chi connectivity index (χ3v) is 5.07. The summed E-state index contributed by atoms with van der Waals surface area (Å²) in [5, 5.41) is 12.5. The minimum absolute atomic E-state index is 0.0781. The van der Waals surface area contributed by atoms with Crippen LogP contribution in [0.2, 0.25) is 0 Å². The maximum Gasteiger partial charge on any atom is 0.261 e. The number of rotatable bonds is 7. The van der Waals surface area contributed by atoms with Gasteiger partial charge in [0.05, 0.1) is 17.6 Å². The predicted octanol–water partition coefficient (Wildman–Crippen LogP) is 1.75. The predicted molar refractivity (Wildman–Crippen MR) is 78.2 cm³/mol. The maximum atomic E-state index is 12.0. The fraction of sp³-hybridized carbons (Fsp3) is 0.667. The lowest BCUT2D eigenvalue weighted by atomic mass is 10.2. The lowest BCUT2D eigenvalue weighted by molar-refractivity contribution is 0.0321. The Hall–Kier alpha value is -0.910. The molecule has 1 atom stereocenters. The number of aryl methyl sites for hydroxylation is 2. The number of thiophene rings is 1. The quantitative estimate of drug-likeness (QED) is 0.806. The monoisotopic (exact) mass is 295 g/mol. The summed E-state index contributed by atoms with van der Waals surface area (Å²) in [6, 6.07) is 2.00. The van der Waals surface area contributed by atoms with E-state index in [-0.39, 0.29) is 12.5 Å². The van der Waals surface area contributed by atoms with Crippen LogP contribution in [-0.2, 0) is 17.6 Å². The van der Waals surface area contributed by atoms with Crippen LogP contribution < -0.4 is 5.32 Å². The number of fused-ring (bicyclic) bond motifs is 1. The summed E-state index contributed by atoms with van der Waals surface area (Å²) in [5.74, 6) is 0.621. The van der Waals surface area contributed by atoms with Gasteiger partial charge in [-0.3, -0.25) is 4.79 Å². The van der Waals surface area contributed by atoms with E-state index >= 15 is 0 Å². The Bertz CT molecular complexity index is 460. The molecule has 2 aliphatic rings. The lowest BCUT2D eigenvalue weighted by Crippen LogP contribution is -2.34. The van der Waals surface area contributed by atoms with E-state index in [2.05, 4.69) is 5.32 Å². The molecule has 3 rings (SSSR count). The van der Waals surface area contributed by atoms with Crippen molar-refractivity contribution in [3.8, 4) is 0 Å². The van der Waals surface area contributed by atoms with Gasteiger partial charge in [-0.1, -0.05) is 0 Å². The molecule has 1 unspecified atom stereocenters. The van der Waals surface area contributed by atoms with Gasteiger partial charge in [0.2, 0.25) is 0 Å². The Kier molecular flexibility index (Phi) is 4.38. The number of hydrogen-bond acceptors (Lipinski definition) is 4. The van der Waals surface area contributed by atoms with Gasteiger partial charge in [-0.15, -0.1) is 11.3 Å². The van der Waals surface area contributed by atoms with E-state index in [0.29, 0.717) is 12.5 Å². The molecule has 110 valence electrons. The largest absolute Gasteiger partial charge is 0.389 e. The van der Waals surface area contributed by atoms with Crippen LogP contribution in [-0.4, -0.2) is 36.9 Å². The van der Waals surface area contributed by atoms with Gasteiger partial charge in [-0.2, -0.15) is 0 Å². The third kappa shape index (κ3) is 3.59. The van der Waals surface area contributed by atoms with E-state index in [1.165, 1.54) is 29.7 Å². The van der Waals surface area contributed by atoms with Crippen molar-refractivity contribution in [2.24, 2.45) is 5.92 Å². The van der Waals surface area contributed by atoms with Crippen molar-refractivity contribution < 1.29 is 14.6 Å². The molecular formula is C15H21NO3S. The molecular weight excluding hydrogens is 274 g/mol. The minimum atomic E-state index is -0.621. The summed E-state index contributed by atoms with van der Waals surface area (Å²) in [5.41, 5.74) is 1.33. The molecule has 2 aliphatic carbocycles. The SMILES string of the molecule is O=C(NCC(O)COCC1CC1)c1cc2c(s1)CCC2. The molecule has 0 aromatic carbocycles. The number of amides is 1. The zero-order valence-electron chi connectivity index (χ0n) is 11.6. The van der Waals surface area contributed by atoms with Crippen molar-refractivity contribution in [2.45, 2.75) is 38.2 Å². The number of ether oxygens (including phenoxy) is 1. The molecule has 1 aromatic rings. The molecule has 1 fully saturated rings. The van der Waals surface area contributed by atoms with Crippen molar-refractivity contribution in [1.29, 1.82) is 0 Å². The number of carbonyl (C=O) groups excluding carboxylic acids is 1. The molecule has 1 amide bonds. The van der Waals surface area contributed by atoms with Gasteiger partial charge in [0.1, 0.15) is 0 Å². The Labute approximate surface area is 123 Å². The van der Waals surface area contributed by atoms with Crippen LogP contribution in [0.15, 0.2) is 6.07 Å². The van der Waals surface area contributed by atoms with Crippen molar-refractivity contribution in [3.05, 3.63) is 21.4 Å². The molecule has 0 saturated heterocycles. The fourth-order valence-electron chi connectivity index (χ4n) is 2.45. The van der Waals surface area contributed by atoms with Crippen molar-refractivity contribution in [1.82, 2.24) is 5.32 Å². The average Bonchev–Trinajstić information content (AvgIpc) is 2.99. The molecule has 0 aliphatic heterocycles. The number of carbonyl (C=O) groups is 1. The summed E-state index contributed by atoms with van der Waals surface area (Å²) in [4.78, 5) is 14.1. The van der Waals surface area contributed by atoms with Gasteiger partial charge in [0.15, 0.2) is 0 Å². The first kappa shape index (κ1) is 14.0. The minimum Gasteiger partial charge on any atom is -0.389 e. The Morgan fingerprint density at radius 2 is 2.35 bits per heavy atom. The van der Waals surface area contributed by atoms with Crippen molar-refractivity contribution in [3.63, 3.8) is 0 Å². The van der Waals surface area contributed by atoms with Crippen LogP contribution in [0.1, 0.15) is 39.4 Å². The van der Waals surface area contributed by atoms with Gasteiger partial charge >= 0.3 is 0 Å². The number of hydrogen-bond donors (Lipinski definition) is 2. The topological polar surface area (TPSA) is 58.6 Å². The highest BCUT2D eigenvalue weighted by molar-refractivity contribution is 7.14. The number of aliphatic hydroxyl groups is 1. The van der Waals surface area contributed by atoms with Crippen LogP contribution in [0, 0.1) is 5.92 Å². The van der Waals surface area contributed by atoms with Crippen LogP contribution >= 0.6 is 11.3 Å². The van der Waals surface area contributed by atoms with Gasteiger partial charge in [0, 0.05) is 18.0 Å². The van der Waals surface area contributed by atoms with Crippen molar-refractivity contribution in [2.75, 3.05) is 19.8 Å². The number of aliphatic hydroxyl groups excluding tert-OH is 1. The Balaban J connectivity index is 1.39. The van der Waals surface area contributed by atoms with E-state index in [0.717, 1.165) is 24.3 Å². The van der Waals surface area contributed by atoms with Gasteiger partial charge in [-0.05, 0) is 49.7 Å². The molecule has 0 radical (unpaired) electrons. The Morgan fingerprint density at radius 1 is 1.50 bits per heavy atom. The molecule has 1 aromatic heterocycles. The zero-order chi connectivity index (χ0) is 13.9. The Morgan fingerprint density at radius 3 is 3.10 bits per heavy atom. The molecule has 0 spiro atoms.